The molecule has 0 saturated carbocycles. The summed E-state index contributed by atoms with van der Waals surface area (Å²) in [5, 5.41) is 7.26. The first-order valence-electron chi connectivity index (χ1n) is 18.2. The predicted molar refractivity (Wildman–Crippen MR) is 225 cm³/mol. The van der Waals surface area contributed by atoms with Gasteiger partial charge in [0.1, 0.15) is 0 Å². The minimum Gasteiger partial charge on any atom is -0.263 e. The highest BCUT2D eigenvalue weighted by Gasteiger charge is 2.15. The number of rotatable bonds is 6. The molecule has 0 unspecified atom stereocenters. The topological polar surface area (TPSA) is 38.7 Å². The van der Waals surface area contributed by atoms with Crippen molar-refractivity contribution in [2.75, 3.05) is 0 Å². The standard InChI is InChI=1S/C51H33N3/c1-2-12-34(13-3-1)37-16-10-18-40(28-37)50-31-49(36-26-24-35(25-27-36)48-33-52-32-42-15-5-7-21-44(42)48)53-51(54-50)41-19-11-17-38(29-41)47-30-39-14-4-6-20-43(39)45-22-8-9-23-46(45)47/h1-33H. The average molecular weight is 688 g/mol. The SMILES string of the molecule is c1ccc(-c2cccc(-c3cc(-c4ccc(-c5cncc6ccccc56)cc4)nc(-c4cccc(-c5cc6ccccc6c6ccccc56)c4)n3)c2)cc1. The summed E-state index contributed by atoms with van der Waals surface area (Å²) in [5.74, 6) is 0.682. The Bertz CT molecular complexity index is 2980. The molecule has 0 aliphatic heterocycles. The van der Waals surface area contributed by atoms with Gasteiger partial charge in [-0.05, 0) is 79.0 Å². The third-order valence-corrected chi connectivity index (χ3v) is 10.4. The number of fused-ring (bicyclic) bond motifs is 4. The van der Waals surface area contributed by atoms with Crippen molar-refractivity contribution in [3.05, 3.63) is 200 Å². The van der Waals surface area contributed by atoms with Crippen LogP contribution in [0.1, 0.15) is 0 Å². The second kappa shape index (κ2) is 13.4. The van der Waals surface area contributed by atoms with Crippen LogP contribution in [0.4, 0.5) is 0 Å². The van der Waals surface area contributed by atoms with Gasteiger partial charge in [-0.1, -0.05) is 164 Å². The molecular weight excluding hydrogens is 655 g/mol. The molecule has 10 aromatic rings. The van der Waals surface area contributed by atoms with E-state index in [1.807, 2.05) is 18.5 Å². The number of pyridine rings is 1. The van der Waals surface area contributed by atoms with E-state index in [1.165, 1.54) is 38.1 Å². The fourth-order valence-electron chi connectivity index (χ4n) is 7.65. The fraction of sp³-hybridized carbons (Fsp3) is 0. The van der Waals surface area contributed by atoms with Crippen LogP contribution in [0.2, 0.25) is 0 Å². The fourth-order valence-corrected chi connectivity index (χ4v) is 7.65. The predicted octanol–water partition coefficient (Wildman–Crippen LogP) is 13.3. The molecule has 3 heteroatoms. The summed E-state index contributed by atoms with van der Waals surface area (Å²) in [6.45, 7) is 0. The molecule has 2 heterocycles. The Hall–Kier alpha value is -7.23. The van der Waals surface area contributed by atoms with Crippen LogP contribution in [0.15, 0.2) is 200 Å². The van der Waals surface area contributed by atoms with Crippen molar-refractivity contribution in [3.63, 3.8) is 0 Å². The van der Waals surface area contributed by atoms with E-state index in [0.717, 1.165) is 55.7 Å². The van der Waals surface area contributed by atoms with Crippen molar-refractivity contribution in [3.8, 4) is 67.3 Å². The molecule has 10 rings (SSSR count). The van der Waals surface area contributed by atoms with Crippen LogP contribution in [0.25, 0.3) is 99.6 Å². The van der Waals surface area contributed by atoms with E-state index in [4.69, 9.17) is 9.97 Å². The average Bonchev–Trinajstić information content (AvgIpc) is 3.26. The highest BCUT2D eigenvalue weighted by Crippen LogP contribution is 2.37. The van der Waals surface area contributed by atoms with Crippen LogP contribution in [0.5, 0.6) is 0 Å². The zero-order valence-corrected chi connectivity index (χ0v) is 29.4. The zero-order valence-electron chi connectivity index (χ0n) is 29.4. The number of nitrogens with zero attached hydrogens (tertiary/aromatic N) is 3. The summed E-state index contributed by atoms with van der Waals surface area (Å²) in [7, 11) is 0. The second-order valence-corrected chi connectivity index (χ2v) is 13.7. The van der Waals surface area contributed by atoms with E-state index in [0.29, 0.717) is 5.82 Å². The Morgan fingerprint density at radius 2 is 0.852 bits per heavy atom. The molecule has 0 atom stereocenters. The lowest BCUT2D eigenvalue weighted by Gasteiger charge is -2.13. The lowest BCUT2D eigenvalue weighted by molar-refractivity contribution is 1.18. The summed E-state index contributed by atoms with van der Waals surface area (Å²) < 4.78 is 0. The number of aromatic nitrogens is 3. The highest BCUT2D eigenvalue weighted by molar-refractivity contribution is 6.13. The highest BCUT2D eigenvalue weighted by atomic mass is 14.9. The van der Waals surface area contributed by atoms with Crippen molar-refractivity contribution in [2.24, 2.45) is 0 Å². The van der Waals surface area contributed by atoms with Gasteiger partial charge >= 0.3 is 0 Å². The molecule has 3 nitrogen and oxygen atoms in total. The molecule has 0 fully saturated rings. The Morgan fingerprint density at radius 3 is 1.67 bits per heavy atom. The molecule has 0 aliphatic rings. The number of hydrogen-bond donors (Lipinski definition) is 0. The molecule has 54 heavy (non-hydrogen) atoms. The third-order valence-electron chi connectivity index (χ3n) is 10.4. The summed E-state index contributed by atoms with van der Waals surface area (Å²) in [6.07, 6.45) is 3.87. The molecule has 0 aliphatic carbocycles. The second-order valence-electron chi connectivity index (χ2n) is 13.7. The smallest absolute Gasteiger partial charge is 0.160 e. The van der Waals surface area contributed by atoms with Gasteiger partial charge in [0.2, 0.25) is 0 Å². The van der Waals surface area contributed by atoms with Gasteiger partial charge in [-0.25, -0.2) is 9.97 Å². The summed E-state index contributed by atoms with van der Waals surface area (Å²) >= 11 is 0. The largest absolute Gasteiger partial charge is 0.263 e. The van der Waals surface area contributed by atoms with Gasteiger partial charge in [0.05, 0.1) is 11.4 Å². The lowest BCUT2D eigenvalue weighted by Crippen LogP contribution is -1.96. The van der Waals surface area contributed by atoms with Crippen LogP contribution >= 0.6 is 0 Å². The van der Waals surface area contributed by atoms with E-state index in [-0.39, 0.29) is 0 Å². The number of hydrogen-bond acceptors (Lipinski definition) is 3. The van der Waals surface area contributed by atoms with Gasteiger partial charge in [0.15, 0.2) is 5.82 Å². The van der Waals surface area contributed by atoms with Crippen molar-refractivity contribution >= 4 is 32.3 Å². The lowest BCUT2D eigenvalue weighted by atomic mass is 9.92. The molecule has 0 N–H and O–H groups in total. The van der Waals surface area contributed by atoms with Crippen LogP contribution in [-0.4, -0.2) is 15.0 Å². The van der Waals surface area contributed by atoms with Crippen molar-refractivity contribution in [2.45, 2.75) is 0 Å². The first-order chi connectivity index (χ1) is 26.7. The van der Waals surface area contributed by atoms with Crippen LogP contribution in [0.3, 0.4) is 0 Å². The van der Waals surface area contributed by atoms with Crippen LogP contribution in [-0.2, 0) is 0 Å². The summed E-state index contributed by atoms with van der Waals surface area (Å²) in [4.78, 5) is 15.0. The van der Waals surface area contributed by atoms with Gasteiger partial charge in [-0.3, -0.25) is 4.98 Å². The molecule has 2 aromatic heterocycles. The molecule has 0 bridgehead atoms. The molecule has 0 amide bonds. The number of benzene rings is 8. The Labute approximate surface area is 313 Å². The molecule has 252 valence electrons. The van der Waals surface area contributed by atoms with Gasteiger partial charge in [0.25, 0.3) is 0 Å². The van der Waals surface area contributed by atoms with Crippen LogP contribution in [0, 0.1) is 0 Å². The van der Waals surface area contributed by atoms with Gasteiger partial charge < -0.3 is 0 Å². The normalized spacial score (nSPS) is 11.3. The molecular formula is C51H33N3. The Balaban J connectivity index is 1.12. The van der Waals surface area contributed by atoms with E-state index < -0.39 is 0 Å². The maximum absolute atomic E-state index is 5.26. The minimum absolute atomic E-state index is 0.682. The summed E-state index contributed by atoms with van der Waals surface area (Å²) in [5.41, 5.74) is 11.6. The van der Waals surface area contributed by atoms with Crippen molar-refractivity contribution < 1.29 is 0 Å². The van der Waals surface area contributed by atoms with E-state index in [1.54, 1.807) is 0 Å². The maximum Gasteiger partial charge on any atom is 0.160 e. The van der Waals surface area contributed by atoms with E-state index in [2.05, 4.69) is 187 Å². The maximum atomic E-state index is 5.26. The first kappa shape index (κ1) is 31.5. The molecule has 0 saturated heterocycles. The molecule has 0 radical (unpaired) electrons. The summed E-state index contributed by atoms with van der Waals surface area (Å²) in [6, 6.07) is 66.5. The van der Waals surface area contributed by atoms with Gasteiger partial charge in [0, 0.05) is 40.0 Å². The molecule has 0 spiro atoms. The Kier molecular flexibility index (Phi) is 7.81. The van der Waals surface area contributed by atoms with Crippen molar-refractivity contribution in [1.82, 2.24) is 15.0 Å². The monoisotopic (exact) mass is 687 g/mol. The van der Waals surface area contributed by atoms with Gasteiger partial charge in [-0.2, -0.15) is 0 Å². The quantitative estimate of drug-likeness (QED) is 0.163. The Morgan fingerprint density at radius 1 is 0.278 bits per heavy atom. The van der Waals surface area contributed by atoms with E-state index in [9.17, 15) is 0 Å². The van der Waals surface area contributed by atoms with E-state index >= 15 is 0 Å². The zero-order chi connectivity index (χ0) is 35.8. The van der Waals surface area contributed by atoms with Gasteiger partial charge in [-0.15, -0.1) is 0 Å². The van der Waals surface area contributed by atoms with Crippen molar-refractivity contribution in [1.29, 1.82) is 0 Å². The first-order valence-corrected chi connectivity index (χ1v) is 18.2. The minimum atomic E-state index is 0.682. The van der Waals surface area contributed by atoms with Crippen LogP contribution < -0.4 is 0 Å². The third kappa shape index (κ3) is 5.78. The molecule has 8 aromatic carbocycles.